The number of thiazole rings is 1. The summed E-state index contributed by atoms with van der Waals surface area (Å²) in [6.45, 7) is 5.92. The molecule has 1 unspecified atom stereocenters. The first-order valence-electron chi connectivity index (χ1n) is 6.90. The molecule has 112 valence electrons. The Bertz CT molecular complexity index is 650. The Balaban J connectivity index is 1.96. The summed E-state index contributed by atoms with van der Waals surface area (Å²) in [5.74, 6) is -0.561. The fourth-order valence-electron chi connectivity index (χ4n) is 2.78. The summed E-state index contributed by atoms with van der Waals surface area (Å²) >= 11 is 1.29. The maximum atomic E-state index is 12.2. The van der Waals surface area contributed by atoms with Crippen LogP contribution in [0.15, 0.2) is 0 Å². The number of ketones is 1. The minimum Gasteiger partial charge on any atom is -0.327 e. The lowest BCUT2D eigenvalue weighted by molar-refractivity contribution is -0.132. The van der Waals surface area contributed by atoms with Crippen molar-refractivity contribution in [1.82, 2.24) is 10.3 Å². The average Bonchev–Trinajstić information content (AvgIpc) is 2.76. The van der Waals surface area contributed by atoms with E-state index >= 15 is 0 Å². The number of Topliss-reactive ketones (excluding diaryl/α,β-unsaturated/α-hetero) is 1. The van der Waals surface area contributed by atoms with E-state index in [0.29, 0.717) is 16.4 Å². The van der Waals surface area contributed by atoms with E-state index in [4.69, 9.17) is 0 Å². The molecule has 2 amide bonds. The van der Waals surface area contributed by atoms with Crippen LogP contribution in [0.4, 0.5) is 5.13 Å². The summed E-state index contributed by atoms with van der Waals surface area (Å²) in [5, 5.41) is 2.89. The van der Waals surface area contributed by atoms with Gasteiger partial charge in [-0.05, 0) is 18.8 Å². The molecule has 0 radical (unpaired) electrons. The molecule has 2 heterocycles. The Morgan fingerprint density at radius 3 is 2.71 bits per heavy atom. The molecule has 0 saturated carbocycles. The maximum Gasteiger partial charge on any atom is 0.249 e. The summed E-state index contributed by atoms with van der Waals surface area (Å²) in [5.41, 5.74) is 0.706. The Labute approximate surface area is 126 Å². The van der Waals surface area contributed by atoms with Crippen LogP contribution in [0.5, 0.6) is 0 Å². The van der Waals surface area contributed by atoms with Crippen LogP contribution in [0.2, 0.25) is 0 Å². The second kappa shape index (κ2) is 4.62. The van der Waals surface area contributed by atoms with Crippen LogP contribution in [-0.2, 0) is 16.0 Å². The van der Waals surface area contributed by atoms with E-state index in [2.05, 4.69) is 10.3 Å². The third kappa shape index (κ3) is 2.46. The lowest BCUT2D eigenvalue weighted by atomic mass is 9.78. The number of carbonyl (C=O) groups is 3. The second-order valence-corrected chi connectivity index (χ2v) is 7.41. The second-order valence-electron chi connectivity index (χ2n) is 6.43. The molecular weight excluding hydrogens is 290 g/mol. The largest absolute Gasteiger partial charge is 0.327 e. The fourth-order valence-corrected chi connectivity index (χ4v) is 3.88. The van der Waals surface area contributed by atoms with Crippen molar-refractivity contribution in [2.45, 2.75) is 39.7 Å². The molecule has 1 fully saturated rings. The van der Waals surface area contributed by atoms with Crippen LogP contribution in [-0.4, -0.2) is 35.2 Å². The average molecular weight is 307 g/mol. The van der Waals surface area contributed by atoms with E-state index in [1.165, 1.54) is 11.3 Å². The highest BCUT2D eigenvalue weighted by Gasteiger charge is 2.37. The van der Waals surface area contributed by atoms with Crippen molar-refractivity contribution < 1.29 is 14.4 Å². The molecular formula is C14H17N3O3S. The van der Waals surface area contributed by atoms with Gasteiger partial charge >= 0.3 is 0 Å². The van der Waals surface area contributed by atoms with Crippen molar-refractivity contribution in [3.63, 3.8) is 0 Å². The first kappa shape index (κ1) is 14.2. The number of amides is 2. The lowest BCUT2D eigenvalue weighted by Crippen LogP contribution is -2.57. The van der Waals surface area contributed by atoms with Gasteiger partial charge in [-0.3, -0.25) is 19.7 Å². The number of hydrogen-bond donors (Lipinski definition) is 1. The van der Waals surface area contributed by atoms with Gasteiger partial charge in [0.05, 0.1) is 10.6 Å². The highest BCUT2D eigenvalue weighted by Crippen LogP contribution is 2.39. The number of piperazine rings is 1. The van der Waals surface area contributed by atoms with Crippen molar-refractivity contribution in [1.29, 1.82) is 0 Å². The molecule has 7 heteroatoms. The van der Waals surface area contributed by atoms with E-state index in [-0.39, 0.29) is 29.6 Å². The normalized spacial score (nSPS) is 24.8. The molecule has 1 aliphatic carbocycles. The van der Waals surface area contributed by atoms with Crippen molar-refractivity contribution in [2.75, 3.05) is 11.4 Å². The number of carbonyl (C=O) groups excluding carboxylic acids is 3. The standard InChI is InChI=1S/C14H17N3O3S/c1-7-12(20)16-10(19)6-17(7)13-15-8-4-14(2,3)5-9(18)11(8)21-13/h7H,4-6H2,1-3H3,(H,16,19,20). The van der Waals surface area contributed by atoms with Crippen molar-refractivity contribution >= 4 is 34.1 Å². The number of anilines is 1. The van der Waals surface area contributed by atoms with Gasteiger partial charge in [0.15, 0.2) is 10.9 Å². The van der Waals surface area contributed by atoms with E-state index < -0.39 is 6.04 Å². The highest BCUT2D eigenvalue weighted by molar-refractivity contribution is 7.17. The number of aromatic nitrogens is 1. The van der Waals surface area contributed by atoms with Crippen LogP contribution in [0, 0.1) is 5.41 Å². The minimum absolute atomic E-state index is 0.0872. The van der Waals surface area contributed by atoms with Crippen LogP contribution >= 0.6 is 11.3 Å². The molecule has 1 saturated heterocycles. The van der Waals surface area contributed by atoms with Gasteiger partial charge < -0.3 is 4.90 Å². The molecule has 3 rings (SSSR count). The summed E-state index contributed by atoms with van der Waals surface area (Å²) in [7, 11) is 0. The van der Waals surface area contributed by atoms with E-state index in [9.17, 15) is 14.4 Å². The number of rotatable bonds is 1. The van der Waals surface area contributed by atoms with Gasteiger partial charge in [0.1, 0.15) is 12.6 Å². The van der Waals surface area contributed by atoms with E-state index in [1.54, 1.807) is 11.8 Å². The number of hydrogen-bond acceptors (Lipinski definition) is 6. The zero-order valence-corrected chi connectivity index (χ0v) is 13.0. The molecule has 2 aliphatic rings. The number of nitrogens with one attached hydrogen (secondary N) is 1. The molecule has 1 aliphatic heterocycles. The zero-order valence-electron chi connectivity index (χ0n) is 12.2. The van der Waals surface area contributed by atoms with Crippen molar-refractivity contribution in [2.24, 2.45) is 5.41 Å². The number of imide groups is 1. The smallest absolute Gasteiger partial charge is 0.249 e. The molecule has 0 bridgehead atoms. The summed E-state index contributed by atoms with van der Waals surface area (Å²) < 4.78 is 0. The third-order valence-corrected chi connectivity index (χ3v) is 5.07. The molecule has 0 aromatic carbocycles. The van der Waals surface area contributed by atoms with Crippen LogP contribution < -0.4 is 10.2 Å². The molecule has 0 spiro atoms. The Hall–Kier alpha value is -1.76. The molecule has 1 aromatic rings. The van der Waals surface area contributed by atoms with E-state index in [1.807, 2.05) is 13.8 Å². The minimum atomic E-state index is -0.460. The molecule has 1 N–H and O–H groups in total. The van der Waals surface area contributed by atoms with Crippen LogP contribution in [0.1, 0.15) is 42.6 Å². The van der Waals surface area contributed by atoms with Crippen molar-refractivity contribution in [3.8, 4) is 0 Å². The van der Waals surface area contributed by atoms with Gasteiger partial charge in [0.2, 0.25) is 11.8 Å². The monoisotopic (exact) mass is 307 g/mol. The van der Waals surface area contributed by atoms with Gasteiger partial charge in [0.25, 0.3) is 0 Å². The van der Waals surface area contributed by atoms with Crippen LogP contribution in [0.25, 0.3) is 0 Å². The first-order valence-corrected chi connectivity index (χ1v) is 7.72. The summed E-state index contributed by atoms with van der Waals surface area (Å²) in [6.07, 6.45) is 1.25. The fraction of sp³-hybridized carbons (Fsp3) is 0.571. The number of fused-ring (bicyclic) bond motifs is 1. The molecule has 21 heavy (non-hydrogen) atoms. The maximum absolute atomic E-state index is 12.2. The molecule has 6 nitrogen and oxygen atoms in total. The lowest BCUT2D eigenvalue weighted by Gasteiger charge is -2.31. The molecule has 1 aromatic heterocycles. The Morgan fingerprint density at radius 2 is 2.00 bits per heavy atom. The topological polar surface area (TPSA) is 79.4 Å². The predicted molar refractivity (Wildman–Crippen MR) is 78.5 cm³/mol. The SMILES string of the molecule is CC1C(=O)NC(=O)CN1c1nc2c(s1)C(=O)CC(C)(C)C2. The highest BCUT2D eigenvalue weighted by atomic mass is 32.1. The van der Waals surface area contributed by atoms with Gasteiger partial charge in [0, 0.05) is 6.42 Å². The quantitative estimate of drug-likeness (QED) is 0.787. The van der Waals surface area contributed by atoms with E-state index in [0.717, 1.165) is 12.1 Å². The predicted octanol–water partition coefficient (Wildman–Crippen LogP) is 1.15. The number of nitrogens with zero attached hydrogens (tertiary/aromatic N) is 2. The van der Waals surface area contributed by atoms with Gasteiger partial charge in [-0.1, -0.05) is 25.2 Å². The Kier molecular flexibility index (Phi) is 3.12. The van der Waals surface area contributed by atoms with Gasteiger partial charge in [-0.2, -0.15) is 0 Å². The molecule has 1 atom stereocenters. The van der Waals surface area contributed by atoms with Gasteiger partial charge in [-0.25, -0.2) is 4.98 Å². The first-order chi connectivity index (χ1) is 9.77. The Morgan fingerprint density at radius 1 is 1.29 bits per heavy atom. The third-order valence-electron chi connectivity index (χ3n) is 3.89. The summed E-state index contributed by atoms with van der Waals surface area (Å²) in [6, 6.07) is -0.460. The zero-order chi connectivity index (χ0) is 15.4. The summed E-state index contributed by atoms with van der Waals surface area (Å²) in [4.78, 5) is 42.4. The van der Waals surface area contributed by atoms with Crippen LogP contribution in [0.3, 0.4) is 0 Å². The van der Waals surface area contributed by atoms with Gasteiger partial charge in [-0.15, -0.1) is 0 Å². The van der Waals surface area contributed by atoms with Crippen molar-refractivity contribution in [3.05, 3.63) is 10.6 Å².